The van der Waals surface area contributed by atoms with Crippen LogP contribution in [-0.2, 0) is 0 Å². The summed E-state index contributed by atoms with van der Waals surface area (Å²) in [5, 5.41) is 15.1. The SMILES string of the molecule is CCNC(=NCC(O)C(F)(F)F)NC1CC(C)CC(C)C1.I. The maximum atomic E-state index is 12.3. The molecule has 3 N–H and O–H groups in total. The molecule has 0 saturated heterocycles. The largest absolute Gasteiger partial charge is 0.416 e. The fourth-order valence-corrected chi connectivity index (χ4v) is 2.86. The van der Waals surface area contributed by atoms with Gasteiger partial charge in [-0.25, -0.2) is 0 Å². The first kappa shape index (κ1) is 21.8. The Morgan fingerprint density at radius 3 is 2.23 bits per heavy atom. The average molecular weight is 437 g/mol. The third kappa shape index (κ3) is 7.85. The number of hydrogen-bond donors (Lipinski definition) is 3. The van der Waals surface area contributed by atoms with Crippen LogP contribution in [0.2, 0.25) is 0 Å². The van der Waals surface area contributed by atoms with Gasteiger partial charge in [0.2, 0.25) is 0 Å². The van der Waals surface area contributed by atoms with Crippen molar-refractivity contribution < 1.29 is 18.3 Å². The van der Waals surface area contributed by atoms with Crippen LogP contribution in [0.5, 0.6) is 0 Å². The molecule has 0 aromatic heterocycles. The number of halogens is 4. The van der Waals surface area contributed by atoms with Gasteiger partial charge in [-0.1, -0.05) is 13.8 Å². The quantitative estimate of drug-likeness (QED) is 0.360. The van der Waals surface area contributed by atoms with Gasteiger partial charge in [0, 0.05) is 12.6 Å². The maximum Gasteiger partial charge on any atom is 0.416 e. The Morgan fingerprint density at radius 2 is 1.77 bits per heavy atom. The fourth-order valence-electron chi connectivity index (χ4n) is 2.86. The molecule has 3 atom stereocenters. The molecule has 22 heavy (non-hydrogen) atoms. The molecule has 1 rings (SSSR count). The molecule has 3 unspecified atom stereocenters. The highest BCUT2D eigenvalue weighted by atomic mass is 127. The van der Waals surface area contributed by atoms with Crippen LogP contribution >= 0.6 is 24.0 Å². The van der Waals surface area contributed by atoms with Crippen molar-refractivity contribution in [1.82, 2.24) is 10.6 Å². The van der Waals surface area contributed by atoms with E-state index >= 15 is 0 Å². The Morgan fingerprint density at radius 1 is 1.23 bits per heavy atom. The minimum Gasteiger partial charge on any atom is -0.382 e. The van der Waals surface area contributed by atoms with E-state index in [0.717, 1.165) is 12.8 Å². The lowest BCUT2D eigenvalue weighted by Crippen LogP contribution is -2.46. The molecule has 4 nitrogen and oxygen atoms in total. The standard InChI is InChI=1S/C14H26F3N3O.HI/c1-4-18-13(19-8-12(21)14(15,16)17)20-11-6-9(2)5-10(3)7-11;/h9-12,21H,4-8H2,1-3H3,(H2,18,19,20);1H. The summed E-state index contributed by atoms with van der Waals surface area (Å²) in [6.45, 7) is 6.09. The molecule has 0 aliphatic heterocycles. The average Bonchev–Trinajstić information content (AvgIpc) is 2.33. The van der Waals surface area contributed by atoms with Crippen molar-refractivity contribution in [3.8, 4) is 0 Å². The lowest BCUT2D eigenvalue weighted by molar-refractivity contribution is -0.199. The summed E-state index contributed by atoms with van der Waals surface area (Å²) in [6.07, 6.45) is -3.90. The lowest BCUT2D eigenvalue weighted by atomic mass is 9.80. The third-order valence-corrected chi connectivity index (χ3v) is 3.66. The van der Waals surface area contributed by atoms with Gasteiger partial charge < -0.3 is 15.7 Å². The number of aliphatic hydroxyl groups is 1. The second-order valence-corrected chi connectivity index (χ2v) is 6.04. The van der Waals surface area contributed by atoms with Crippen molar-refractivity contribution in [3.63, 3.8) is 0 Å². The van der Waals surface area contributed by atoms with E-state index in [1.54, 1.807) is 0 Å². The van der Waals surface area contributed by atoms with Gasteiger partial charge in [-0.15, -0.1) is 24.0 Å². The Labute approximate surface area is 147 Å². The molecular formula is C14H27F3IN3O. The highest BCUT2D eigenvalue weighted by molar-refractivity contribution is 14.0. The molecule has 0 amide bonds. The summed E-state index contributed by atoms with van der Waals surface area (Å²) in [4.78, 5) is 3.85. The lowest BCUT2D eigenvalue weighted by Gasteiger charge is -2.33. The van der Waals surface area contributed by atoms with E-state index in [1.165, 1.54) is 6.42 Å². The van der Waals surface area contributed by atoms with Gasteiger partial charge in [0.05, 0.1) is 6.54 Å². The number of guanidine groups is 1. The number of rotatable bonds is 4. The van der Waals surface area contributed by atoms with E-state index in [4.69, 9.17) is 5.11 Å². The highest BCUT2D eigenvalue weighted by Gasteiger charge is 2.38. The van der Waals surface area contributed by atoms with Crippen molar-refractivity contribution in [2.24, 2.45) is 16.8 Å². The molecule has 1 saturated carbocycles. The molecule has 0 spiro atoms. The number of nitrogens with one attached hydrogen (secondary N) is 2. The molecule has 1 fully saturated rings. The van der Waals surface area contributed by atoms with Crippen LogP contribution in [0.4, 0.5) is 13.2 Å². The second kappa shape index (κ2) is 9.79. The van der Waals surface area contributed by atoms with Crippen LogP contribution in [0.1, 0.15) is 40.0 Å². The summed E-state index contributed by atoms with van der Waals surface area (Å²) in [5.74, 6) is 1.52. The minimum atomic E-state index is -4.63. The zero-order chi connectivity index (χ0) is 16.0. The topological polar surface area (TPSA) is 56.7 Å². The highest BCUT2D eigenvalue weighted by Crippen LogP contribution is 2.28. The number of hydrogen-bond acceptors (Lipinski definition) is 2. The van der Waals surface area contributed by atoms with Gasteiger partial charge in [-0.2, -0.15) is 13.2 Å². The monoisotopic (exact) mass is 437 g/mol. The van der Waals surface area contributed by atoms with Gasteiger partial charge in [0.15, 0.2) is 12.1 Å². The molecule has 0 heterocycles. The van der Waals surface area contributed by atoms with Crippen molar-refractivity contribution in [2.75, 3.05) is 13.1 Å². The molecule has 132 valence electrons. The van der Waals surface area contributed by atoms with Crippen LogP contribution in [-0.4, -0.2) is 42.5 Å². The Hall–Kier alpha value is -0.250. The zero-order valence-corrected chi connectivity index (χ0v) is 15.6. The molecule has 1 aliphatic carbocycles. The van der Waals surface area contributed by atoms with E-state index in [0.29, 0.717) is 24.3 Å². The molecule has 0 aromatic carbocycles. The van der Waals surface area contributed by atoms with E-state index in [-0.39, 0.29) is 30.0 Å². The normalized spacial score (nSPS) is 27.8. The fraction of sp³-hybridized carbons (Fsp3) is 0.929. The summed E-state index contributed by atoms with van der Waals surface area (Å²) in [6, 6.07) is 0.213. The number of alkyl halides is 3. The minimum absolute atomic E-state index is 0. The van der Waals surface area contributed by atoms with Crippen molar-refractivity contribution >= 4 is 29.9 Å². The summed E-state index contributed by atoms with van der Waals surface area (Å²) in [7, 11) is 0. The predicted octanol–water partition coefficient (Wildman–Crippen LogP) is 2.91. The molecule has 0 radical (unpaired) electrons. The van der Waals surface area contributed by atoms with Gasteiger partial charge in [0.1, 0.15) is 0 Å². The third-order valence-electron chi connectivity index (χ3n) is 3.66. The van der Waals surface area contributed by atoms with Crippen LogP contribution in [0.3, 0.4) is 0 Å². The van der Waals surface area contributed by atoms with Crippen LogP contribution in [0, 0.1) is 11.8 Å². The van der Waals surface area contributed by atoms with Crippen molar-refractivity contribution in [1.29, 1.82) is 0 Å². The zero-order valence-electron chi connectivity index (χ0n) is 13.3. The first-order valence-electron chi connectivity index (χ1n) is 7.52. The second-order valence-electron chi connectivity index (χ2n) is 6.04. The van der Waals surface area contributed by atoms with Crippen molar-refractivity contribution in [2.45, 2.75) is 58.4 Å². The summed E-state index contributed by atoms with van der Waals surface area (Å²) < 4.78 is 36.9. The Balaban J connectivity index is 0.00000441. The van der Waals surface area contributed by atoms with Gasteiger partial charge >= 0.3 is 6.18 Å². The maximum absolute atomic E-state index is 12.3. The number of aliphatic hydroxyl groups excluding tert-OH is 1. The van der Waals surface area contributed by atoms with E-state index < -0.39 is 18.8 Å². The van der Waals surface area contributed by atoms with E-state index in [2.05, 4.69) is 29.5 Å². The van der Waals surface area contributed by atoms with Gasteiger partial charge in [-0.05, 0) is 38.0 Å². The number of nitrogens with zero attached hydrogens (tertiary/aromatic N) is 1. The van der Waals surface area contributed by atoms with Crippen LogP contribution in [0.15, 0.2) is 4.99 Å². The Kier molecular flexibility index (Phi) is 9.68. The number of aliphatic imine (C=N–C) groups is 1. The summed E-state index contributed by atoms with van der Waals surface area (Å²) >= 11 is 0. The van der Waals surface area contributed by atoms with Crippen LogP contribution in [0.25, 0.3) is 0 Å². The molecule has 8 heteroatoms. The smallest absolute Gasteiger partial charge is 0.382 e. The molecular weight excluding hydrogens is 410 g/mol. The first-order valence-corrected chi connectivity index (χ1v) is 7.52. The molecule has 0 aromatic rings. The Bertz CT molecular complexity index is 343. The first-order chi connectivity index (χ1) is 9.72. The van der Waals surface area contributed by atoms with E-state index in [9.17, 15) is 13.2 Å². The van der Waals surface area contributed by atoms with Gasteiger partial charge in [-0.3, -0.25) is 4.99 Å². The molecule has 0 bridgehead atoms. The molecule has 1 aliphatic rings. The summed E-state index contributed by atoms with van der Waals surface area (Å²) in [5.41, 5.74) is 0. The van der Waals surface area contributed by atoms with Crippen LogP contribution < -0.4 is 10.6 Å². The predicted molar refractivity (Wildman–Crippen MR) is 92.6 cm³/mol. The van der Waals surface area contributed by atoms with E-state index in [1.807, 2.05) is 6.92 Å². The van der Waals surface area contributed by atoms with Gasteiger partial charge in [0.25, 0.3) is 0 Å². The van der Waals surface area contributed by atoms with Crippen molar-refractivity contribution in [3.05, 3.63) is 0 Å².